The summed E-state index contributed by atoms with van der Waals surface area (Å²) in [5.74, 6) is -4.36. The number of nitrogens with zero attached hydrogens (tertiary/aromatic N) is 3. The fraction of sp³-hybridized carbons (Fsp3) is 0.577. The van der Waals surface area contributed by atoms with E-state index in [1.54, 1.807) is 31.3 Å². The van der Waals surface area contributed by atoms with Crippen LogP contribution in [-0.2, 0) is 16.4 Å². The number of alkyl halides is 3. The number of pyridine rings is 1. The van der Waals surface area contributed by atoms with Gasteiger partial charge in [0.15, 0.2) is 5.82 Å². The van der Waals surface area contributed by atoms with Crippen LogP contribution in [0.5, 0.6) is 0 Å². The van der Waals surface area contributed by atoms with E-state index < -0.39 is 47.0 Å². The summed E-state index contributed by atoms with van der Waals surface area (Å²) in [5, 5.41) is 12.6. The van der Waals surface area contributed by atoms with Crippen LogP contribution in [0.4, 0.5) is 28.9 Å². The third-order valence-corrected chi connectivity index (χ3v) is 8.56. The highest BCUT2D eigenvalue weighted by molar-refractivity contribution is 7.92. The maximum atomic E-state index is 15.6. The van der Waals surface area contributed by atoms with Crippen LogP contribution in [0.25, 0.3) is 0 Å². The zero-order chi connectivity index (χ0) is 28.4. The molecule has 1 aromatic carbocycles. The lowest BCUT2D eigenvalue weighted by Gasteiger charge is -2.43. The summed E-state index contributed by atoms with van der Waals surface area (Å²) >= 11 is 0. The Kier molecular flexibility index (Phi) is 9.04. The molecule has 216 valence electrons. The first-order valence-electron chi connectivity index (χ1n) is 13.0. The smallest absolute Gasteiger partial charge is 0.283 e. The van der Waals surface area contributed by atoms with E-state index in [-0.39, 0.29) is 36.1 Å². The van der Waals surface area contributed by atoms with Crippen molar-refractivity contribution in [3.05, 3.63) is 53.1 Å². The number of anilines is 2. The number of benzene rings is 1. The van der Waals surface area contributed by atoms with Gasteiger partial charge in [0.05, 0.1) is 54.3 Å². The van der Waals surface area contributed by atoms with Crippen molar-refractivity contribution < 1.29 is 31.1 Å². The molecule has 2 atom stereocenters. The van der Waals surface area contributed by atoms with Gasteiger partial charge in [-0.1, -0.05) is 6.07 Å². The molecule has 13 heteroatoms. The number of halogens is 4. The first-order valence-corrected chi connectivity index (χ1v) is 14.7. The number of nitrogens with one attached hydrogen (secondary N) is 2. The monoisotopic (exact) mass is 573 g/mol. The second kappa shape index (κ2) is 11.9. The topological polar surface area (TPSA) is 97.8 Å². The molecule has 3 heterocycles. The number of hydrogen-bond donors (Lipinski definition) is 3. The van der Waals surface area contributed by atoms with E-state index in [4.69, 9.17) is 0 Å². The van der Waals surface area contributed by atoms with Crippen LogP contribution in [-0.4, -0.2) is 91.5 Å². The predicted molar refractivity (Wildman–Crippen MR) is 142 cm³/mol. The summed E-state index contributed by atoms with van der Waals surface area (Å²) in [6.45, 7) is 2.95. The fourth-order valence-corrected chi connectivity index (χ4v) is 5.81. The lowest BCUT2D eigenvalue weighted by molar-refractivity contribution is -0.0866. The standard InChI is InChI=1S/C26H35F4N5O3S/c1-3-39(37,38)33-22-8-6-20-21(24(22)28)11-17(2)35(15-26(29,30)16-36)25(20)23-7-5-18(12-31-23)32-19-13-34(14-19)10-4-9-27/h5-8,12,17,19,25,32-33,36H,3-4,9-11,13-16H2,1-2H3. The van der Waals surface area contributed by atoms with Crippen LogP contribution in [0.2, 0.25) is 0 Å². The molecule has 0 aliphatic carbocycles. The SMILES string of the molecule is CCS(=O)(=O)Nc1ccc2c(c1F)CC(C)N(CC(F)(F)CO)C2c1ccc(NC2CN(CCCF)C2)cn1. The molecule has 1 aromatic heterocycles. The number of likely N-dealkylation sites (tertiary alicyclic amines) is 1. The Morgan fingerprint density at radius 2 is 1.95 bits per heavy atom. The molecule has 0 radical (unpaired) electrons. The van der Waals surface area contributed by atoms with Gasteiger partial charge >= 0.3 is 0 Å². The Hall–Kier alpha value is -2.48. The van der Waals surface area contributed by atoms with Crippen molar-refractivity contribution in [2.45, 2.75) is 50.7 Å². The van der Waals surface area contributed by atoms with E-state index >= 15 is 4.39 Å². The largest absolute Gasteiger partial charge is 0.390 e. The Morgan fingerprint density at radius 3 is 2.56 bits per heavy atom. The molecule has 1 fully saturated rings. The average Bonchev–Trinajstić information content (AvgIpc) is 2.88. The molecule has 0 amide bonds. The first kappa shape index (κ1) is 29.5. The summed E-state index contributed by atoms with van der Waals surface area (Å²) in [6, 6.07) is 5.11. The highest BCUT2D eigenvalue weighted by Gasteiger charge is 2.42. The molecule has 4 rings (SSSR count). The van der Waals surface area contributed by atoms with E-state index in [0.717, 1.165) is 18.8 Å². The predicted octanol–water partition coefficient (Wildman–Crippen LogP) is 3.40. The van der Waals surface area contributed by atoms with Crippen molar-refractivity contribution in [1.82, 2.24) is 14.8 Å². The van der Waals surface area contributed by atoms with Gasteiger partial charge in [-0.15, -0.1) is 0 Å². The molecule has 2 aromatic rings. The highest BCUT2D eigenvalue weighted by atomic mass is 32.2. The van der Waals surface area contributed by atoms with Crippen molar-refractivity contribution in [3.8, 4) is 0 Å². The summed E-state index contributed by atoms with van der Waals surface area (Å²) in [4.78, 5) is 8.18. The zero-order valence-electron chi connectivity index (χ0n) is 22.0. The molecular weight excluding hydrogens is 538 g/mol. The molecule has 1 saturated heterocycles. The molecule has 8 nitrogen and oxygen atoms in total. The van der Waals surface area contributed by atoms with Crippen molar-refractivity contribution in [1.29, 1.82) is 0 Å². The third kappa shape index (κ3) is 6.82. The zero-order valence-corrected chi connectivity index (χ0v) is 22.8. The van der Waals surface area contributed by atoms with Crippen molar-refractivity contribution in [2.75, 3.05) is 55.3 Å². The van der Waals surface area contributed by atoms with Crippen LogP contribution in [0, 0.1) is 5.82 Å². The third-order valence-electron chi connectivity index (χ3n) is 7.26. The van der Waals surface area contributed by atoms with E-state index in [1.807, 2.05) is 0 Å². The molecule has 0 saturated carbocycles. The molecule has 2 aliphatic rings. The second-order valence-electron chi connectivity index (χ2n) is 10.3. The molecule has 0 spiro atoms. The van der Waals surface area contributed by atoms with E-state index in [0.29, 0.717) is 24.2 Å². The number of aliphatic hydroxyl groups is 1. The van der Waals surface area contributed by atoms with E-state index in [9.17, 15) is 26.7 Å². The lowest BCUT2D eigenvalue weighted by atomic mass is 9.85. The van der Waals surface area contributed by atoms with Crippen LogP contribution in [0.15, 0.2) is 30.5 Å². The number of hydrogen-bond acceptors (Lipinski definition) is 7. The number of rotatable bonds is 12. The number of fused-ring (bicyclic) bond motifs is 1. The Morgan fingerprint density at radius 1 is 1.21 bits per heavy atom. The second-order valence-corrected chi connectivity index (χ2v) is 12.3. The summed E-state index contributed by atoms with van der Waals surface area (Å²) in [5.41, 5.74) is 1.61. The van der Waals surface area contributed by atoms with Gasteiger partial charge in [0.2, 0.25) is 10.0 Å². The average molecular weight is 574 g/mol. The Bertz CT molecular complexity index is 1240. The summed E-state index contributed by atoms with van der Waals surface area (Å²) < 4.78 is 83.1. The van der Waals surface area contributed by atoms with Gasteiger partial charge in [-0.05, 0) is 56.0 Å². The van der Waals surface area contributed by atoms with Gasteiger partial charge in [-0.2, -0.15) is 0 Å². The van der Waals surface area contributed by atoms with Crippen molar-refractivity contribution in [2.24, 2.45) is 0 Å². The molecule has 2 unspecified atom stereocenters. The minimum Gasteiger partial charge on any atom is -0.390 e. The van der Waals surface area contributed by atoms with Crippen molar-refractivity contribution in [3.63, 3.8) is 0 Å². The highest BCUT2D eigenvalue weighted by Crippen LogP contribution is 2.41. The summed E-state index contributed by atoms with van der Waals surface area (Å²) in [7, 11) is -3.73. The van der Waals surface area contributed by atoms with Gasteiger partial charge < -0.3 is 10.4 Å². The van der Waals surface area contributed by atoms with Gasteiger partial charge in [-0.25, -0.2) is 21.6 Å². The molecule has 0 bridgehead atoms. The van der Waals surface area contributed by atoms with Gasteiger partial charge in [0, 0.05) is 25.7 Å². The van der Waals surface area contributed by atoms with Gasteiger partial charge in [-0.3, -0.25) is 23.9 Å². The molecule has 2 aliphatic heterocycles. The fourth-order valence-electron chi connectivity index (χ4n) is 5.17. The van der Waals surface area contributed by atoms with Gasteiger partial charge in [0.1, 0.15) is 6.61 Å². The maximum absolute atomic E-state index is 15.6. The first-order chi connectivity index (χ1) is 18.5. The van der Waals surface area contributed by atoms with Crippen molar-refractivity contribution >= 4 is 21.4 Å². The lowest BCUT2D eigenvalue weighted by Crippen LogP contribution is -2.54. The minimum atomic E-state index is -3.73. The van der Waals surface area contributed by atoms with E-state index in [2.05, 4.69) is 19.9 Å². The van der Waals surface area contributed by atoms with Crippen LogP contribution in [0.3, 0.4) is 0 Å². The maximum Gasteiger partial charge on any atom is 0.283 e. The summed E-state index contributed by atoms with van der Waals surface area (Å²) in [6.07, 6.45) is 2.17. The molecular formula is C26H35F4N5O3S. The molecule has 39 heavy (non-hydrogen) atoms. The van der Waals surface area contributed by atoms with Crippen LogP contribution in [0.1, 0.15) is 43.1 Å². The number of aliphatic hydroxyl groups excluding tert-OH is 1. The molecule has 3 N–H and O–H groups in total. The normalized spacial score (nSPS) is 20.9. The van der Waals surface area contributed by atoms with Crippen LogP contribution >= 0.6 is 0 Å². The van der Waals surface area contributed by atoms with Gasteiger partial charge in [0.25, 0.3) is 5.92 Å². The Labute approximate surface area is 226 Å². The number of aromatic nitrogens is 1. The quantitative estimate of drug-likeness (QED) is 0.335. The van der Waals surface area contributed by atoms with E-state index in [1.165, 1.54) is 17.9 Å². The number of sulfonamides is 1. The van der Waals surface area contributed by atoms with Crippen LogP contribution < -0.4 is 10.0 Å². The Balaban J connectivity index is 1.63. The minimum absolute atomic E-state index is 0.0705.